The first-order chi connectivity index (χ1) is 0. The van der Waals surface area contributed by atoms with Gasteiger partial charge >= 0.3 is 0 Å². The van der Waals surface area contributed by atoms with E-state index in [0.29, 0.717) is 0 Å². The smallest absolute Gasteiger partial charge is 0 e. The summed E-state index contributed by atoms with van der Waals surface area (Å²) in [6.07, 6.45) is 0. The molecule has 0 spiro atoms. The second-order valence-electron chi connectivity index (χ2n) is 0. The molecule has 0 bridgehead atoms. The second-order valence-corrected chi connectivity index (χ2v) is 0. The van der Waals surface area contributed by atoms with Gasteiger partial charge in [-0.25, -0.2) is 0 Å². The summed E-state index contributed by atoms with van der Waals surface area (Å²) >= 11 is 0. The largest absolute Gasteiger partial charge is 0 e. The minimum absolute atomic E-state index is 0. The van der Waals surface area contributed by atoms with Crippen molar-refractivity contribution in [2.45, 2.75) is 0 Å². The van der Waals surface area contributed by atoms with E-state index in [-0.39, 0.29) is 73.8 Å². The van der Waals surface area contributed by atoms with E-state index < -0.39 is 0 Å². The maximum Gasteiger partial charge on any atom is 0 e. The second kappa shape index (κ2) is 18.5. The summed E-state index contributed by atoms with van der Waals surface area (Å²) in [5.74, 6) is 0. The molecule has 0 atom stereocenters. The van der Waals surface area contributed by atoms with E-state index in [4.69, 9.17) is 0 Å². The first kappa shape index (κ1) is 33.3. The van der Waals surface area contributed by atoms with Crippen LogP contribution >= 0.6 is 0 Å². The third-order valence-electron chi connectivity index (χ3n) is 0. The van der Waals surface area contributed by atoms with Crippen LogP contribution in [0.15, 0.2) is 0 Å². The minimum atomic E-state index is 0. The number of hydrogen-bond donors (Lipinski definition) is 0. The Labute approximate surface area is 73.0 Å². The first-order valence-corrected chi connectivity index (χ1v) is 0. The molecule has 0 aliphatic heterocycles. The van der Waals surface area contributed by atoms with Crippen molar-refractivity contribution in [3.63, 3.8) is 0 Å². The van der Waals surface area contributed by atoms with Crippen molar-refractivity contribution in [2.24, 2.45) is 0 Å². The average Bonchev–Trinajstić information content (AvgIpc) is 0. The van der Waals surface area contributed by atoms with Gasteiger partial charge in [-0.15, -0.1) is 0 Å². The fraction of sp³-hybridized carbons (Fsp3) is 0. The molecule has 0 aliphatic rings. The van der Waals surface area contributed by atoms with Gasteiger partial charge in [-0.05, 0) is 0 Å². The molecule has 0 amide bonds. The molecule has 1 radical (unpaired) electrons. The van der Waals surface area contributed by atoms with Crippen molar-refractivity contribution in [2.75, 3.05) is 0 Å². The van der Waals surface area contributed by atoms with Crippen LogP contribution in [0, 0.1) is 0 Å². The van der Waals surface area contributed by atoms with Crippen LogP contribution in [0.4, 0.5) is 0 Å². The Morgan fingerprint density at radius 1 is 1.00 bits per heavy atom. The fourth-order valence-corrected chi connectivity index (χ4v) is 0. The zero-order valence-electron chi connectivity index (χ0n) is 1.32. The SMILES string of the molecule is [Co].[Ni].[Pt].[Ru]. The summed E-state index contributed by atoms with van der Waals surface area (Å²) in [6, 6.07) is 0. The Kier molecular flexibility index (Phi) is 154. The van der Waals surface area contributed by atoms with Crippen molar-refractivity contribution in [3.8, 4) is 0 Å². The molecule has 0 aromatic rings. The Morgan fingerprint density at radius 2 is 1.00 bits per heavy atom. The predicted molar refractivity (Wildman–Crippen MR) is 0 cm³/mol. The van der Waals surface area contributed by atoms with E-state index in [1.54, 1.807) is 0 Å². The van der Waals surface area contributed by atoms with Gasteiger partial charge in [0.15, 0.2) is 0 Å². The first-order valence-electron chi connectivity index (χ1n) is 0. The molecule has 0 aromatic heterocycles. The van der Waals surface area contributed by atoms with Crippen LogP contribution in [-0.4, -0.2) is 0 Å². The standard InChI is InChI=1S/Co.Ni.Pt.Ru. The fourth-order valence-electron chi connectivity index (χ4n) is 0. The zero-order valence-corrected chi connectivity index (χ0v) is 7.36. The predicted octanol–water partition coefficient (Wildman–Crippen LogP) is -0.0100. The summed E-state index contributed by atoms with van der Waals surface area (Å²) in [6.45, 7) is 0. The van der Waals surface area contributed by atoms with Gasteiger partial charge in [0, 0.05) is 73.8 Å². The van der Waals surface area contributed by atoms with Crippen molar-refractivity contribution < 1.29 is 73.8 Å². The van der Waals surface area contributed by atoms with Crippen molar-refractivity contribution in [1.29, 1.82) is 0 Å². The normalized spacial score (nSPS) is 0. The molecular weight excluding hydrogens is 414 g/mol. The van der Waals surface area contributed by atoms with Gasteiger partial charge in [0.1, 0.15) is 0 Å². The maximum absolute atomic E-state index is 0. The van der Waals surface area contributed by atoms with Crippen LogP contribution < -0.4 is 0 Å². The summed E-state index contributed by atoms with van der Waals surface area (Å²) in [5, 5.41) is 0. The zero-order chi connectivity index (χ0) is 0. The van der Waals surface area contributed by atoms with Crippen LogP contribution in [-0.2, 0) is 73.8 Å². The van der Waals surface area contributed by atoms with Crippen molar-refractivity contribution in [3.05, 3.63) is 0 Å². The Hall–Kier alpha value is 2.31. The van der Waals surface area contributed by atoms with Crippen LogP contribution in [0.2, 0.25) is 0 Å². The summed E-state index contributed by atoms with van der Waals surface area (Å²) in [5.41, 5.74) is 0. The van der Waals surface area contributed by atoms with Gasteiger partial charge in [-0.2, -0.15) is 0 Å². The third-order valence-corrected chi connectivity index (χ3v) is 0. The molecular formula is CoNiPtRu. The molecule has 0 unspecified atom stereocenters. The van der Waals surface area contributed by atoms with Gasteiger partial charge < -0.3 is 0 Å². The topological polar surface area (TPSA) is 0 Å². The Balaban J connectivity index is 0. The quantitative estimate of drug-likeness (QED) is 0.490. The van der Waals surface area contributed by atoms with Crippen LogP contribution in [0.3, 0.4) is 0 Å². The van der Waals surface area contributed by atoms with Gasteiger partial charge in [0.2, 0.25) is 0 Å². The molecule has 0 rings (SSSR count). The molecule has 0 N–H and O–H groups in total. The van der Waals surface area contributed by atoms with Crippen LogP contribution in [0.25, 0.3) is 0 Å². The number of hydrogen-bond acceptors (Lipinski definition) is 0. The van der Waals surface area contributed by atoms with Crippen LogP contribution in [0.1, 0.15) is 0 Å². The van der Waals surface area contributed by atoms with E-state index in [1.165, 1.54) is 0 Å². The van der Waals surface area contributed by atoms with E-state index in [2.05, 4.69) is 0 Å². The average molecular weight is 414 g/mol. The molecule has 0 saturated carbocycles. The van der Waals surface area contributed by atoms with Gasteiger partial charge in [-0.1, -0.05) is 0 Å². The van der Waals surface area contributed by atoms with Gasteiger partial charge in [-0.3, -0.25) is 0 Å². The molecule has 0 saturated heterocycles. The van der Waals surface area contributed by atoms with Crippen molar-refractivity contribution in [1.82, 2.24) is 0 Å². The molecule has 0 aliphatic carbocycles. The Bertz CT molecular complexity index is 8.00. The molecule has 0 heterocycles. The monoisotopic (exact) mass is 414 g/mol. The van der Waals surface area contributed by atoms with E-state index in [0.717, 1.165) is 0 Å². The summed E-state index contributed by atoms with van der Waals surface area (Å²) in [7, 11) is 0. The summed E-state index contributed by atoms with van der Waals surface area (Å²) < 4.78 is 0. The van der Waals surface area contributed by atoms with Gasteiger partial charge in [0.25, 0.3) is 0 Å². The van der Waals surface area contributed by atoms with E-state index >= 15 is 0 Å². The minimum Gasteiger partial charge on any atom is 0 e. The molecule has 0 fully saturated rings. The van der Waals surface area contributed by atoms with E-state index in [1.807, 2.05) is 0 Å². The molecule has 37 valence electrons. The molecule has 4 heteroatoms. The molecule has 4 heavy (non-hydrogen) atoms. The number of rotatable bonds is 0. The van der Waals surface area contributed by atoms with E-state index in [9.17, 15) is 0 Å². The third kappa shape index (κ3) is 8.85. The molecule has 0 nitrogen and oxygen atoms in total. The van der Waals surface area contributed by atoms with Crippen molar-refractivity contribution >= 4 is 0 Å². The van der Waals surface area contributed by atoms with Gasteiger partial charge in [0.05, 0.1) is 0 Å². The van der Waals surface area contributed by atoms with Crippen LogP contribution in [0.5, 0.6) is 0 Å². The summed E-state index contributed by atoms with van der Waals surface area (Å²) in [4.78, 5) is 0. The maximum atomic E-state index is 0. The molecule has 0 aromatic carbocycles. The Morgan fingerprint density at radius 3 is 1.00 bits per heavy atom.